The molecule has 0 spiro atoms. The number of aromatic nitrogens is 1. The Morgan fingerprint density at radius 2 is 1.94 bits per heavy atom. The van der Waals surface area contributed by atoms with Crippen LogP contribution in [-0.2, 0) is 0 Å². The second-order valence-electron chi connectivity index (χ2n) is 3.80. The molecule has 0 fully saturated rings. The molecule has 0 aliphatic carbocycles. The number of rotatable bonds is 2. The fourth-order valence-corrected chi connectivity index (χ4v) is 1.54. The van der Waals surface area contributed by atoms with Crippen LogP contribution in [-0.4, -0.2) is 10.1 Å². The lowest BCUT2D eigenvalue weighted by Gasteiger charge is -2.12. The van der Waals surface area contributed by atoms with E-state index in [9.17, 15) is 13.9 Å². The van der Waals surface area contributed by atoms with Crippen molar-refractivity contribution in [1.29, 1.82) is 0 Å². The zero-order valence-electron chi connectivity index (χ0n) is 9.19. The van der Waals surface area contributed by atoms with Gasteiger partial charge in [0.25, 0.3) is 0 Å². The maximum Gasteiger partial charge on any atom is 0.129 e. The summed E-state index contributed by atoms with van der Waals surface area (Å²) in [5, 5.41) is 9.94. The third-order valence-electron chi connectivity index (χ3n) is 2.50. The van der Waals surface area contributed by atoms with Crippen molar-refractivity contribution in [2.75, 3.05) is 0 Å². The summed E-state index contributed by atoms with van der Waals surface area (Å²) in [6.45, 7) is 1.80. The van der Waals surface area contributed by atoms with Crippen LogP contribution in [0.15, 0.2) is 36.5 Å². The van der Waals surface area contributed by atoms with Crippen LogP contribution >= 0.6 is 0 Å². The Morgan fingerprint density at radius 1 is 1.18 bits per heavy atom. The molecule has 17 heavy (non-hydrogen) atoms. The van der Waals surface area contributed by atoms with Gasteiger partial charge in [-0.3, -0.25) is 4.98 Å². The summed E-state index contributed by atoms with van der Waals surface area (Å²) in [5.41, 5.74) is 1.14. The van der Waals surface area contributed by atoms with Crippen LogP contribution in [0, 0.1) is 18.6 Å². The van der Waals surface area contributed by atoms with Gasteiger partial charge >= 0.3 is 0 Å². The molecule has 1 aromatic carbocycles. The predicted molar refractivity (Wildman–Crippen MR) is 59.4 cm³/mol. The molecule has 0 amide bonds. The van der Waals surface area contributed by atoms with Crippen molar-refractivity contribution in [2.24, 2.45) is 0 Å². The van der Waals surface area contributed by atoms with Crippen molar-refractivity contribution < 1.29 is 13.9 Å². The van der Waals surface area contributed by atoms with Gasteiger partial charge in [0.15, 0.2) is 0 Å². The van der Waals surface area contributed by atoms with Crippen LogP contribution in [0.1, 0.15) is 22.9 Å². The van der Waals surface area contributed by atoms with Crippen LogP contribution in [0.2, 0.25) is 0 Å². The topological polar surface area (TPSA) is 33.1 Å². The van der Waals surface area contributed by atoms with Gasteiger partial charge in [0.05, 0.1) is 0 Å². The molecular weight excluding hydrogens is 224 g/mol. The van der Waals surface area contributed by atoms with E-state index < -0.39 is 17.7 Å². The van der Waals surface area contributed by atoms with Gasteiger partial charge in [-0.1, -0.05) is 6.07 Å². The van der Waals surface area contributed by atoms with Crippen molar-refractivity contribution in [3.63, 3.8) is 0 Å². The summed E-state index contributed by atoms with van der Waals surface area (Å²) in [6, 6.07) is 6.33. The van der Waals surface area contributed by atoms with Gasteiger partial charge in [0, 0.05) is 23.0 Å². The molecule has 1 heterocycles. The lowest BCUT2D eigenvalue weighted by molar-refractivity contribution is 0.214. The number of nitrogens with zero attached hydrogens (tertiary/aromatic N) is 1. The number of aryl methyl sites for hydroxylation is 1. The lowest BCUT2D eigenvalue weighted by atomic mass is 10.0. The molecule has 2 nitrogen and oxygen atoms in total. The molecule has 0 aliphatic heterocycles. The highest BCUT2D eigenvalue weighted by atomic mass is 19.1. The highest BCUT2D eigenvalue weighted by Crippen LogP contribution is 2.24. The highest BCUT2D eigenvalue weighted by molar-refractivity contribution is 5.30. The molecule has 1 unspecified atom stereocenters. The number of benzene rings is 1. The molecule has 88 valence electrons. The maximum absolute atomic E-state index is 13.4. The van der Waals surface area contributed by atoms with E-state index in [1.54, 1.807) is 19.1 Å². The second kappa shape index (κ2) is 4.59. The van der Waals surface area contributed by atoms with E-state index in [0.717, 1.165) is 23.9 Å². The third kappa shape index (κ3) is 2.47. The Labute approximate surface area is 97.6 Å². The van der Waals surface area contributed by atoms with Gasteiger partial charge in [-0.2, -0.15) is 0 Å². The summed E-state index contributed by atoms with van der Waals surface area (Å²) >= 11 is 0. The zero-order chi connectivity index (χ0) is 12.4. The molecule has 0 saturated carbocycles. The normalized spacial score (nSPS) is 12.5. The smallest absolute Gasteiger partial charge is 0.129 e. The van der Waals surface area contributed by atoms with Gasteiger partial charge in [0.2, 0.25) is 0 Å². The summed E-state index contributed by atoms with van der Waals surface area (Å²) in [7, 11) is 0. The number of aliphatic hydroxyl groups is 1. The van der Waals surface area contributed by atoms with Crippen molar-refractivity contribution in [3.8, 4) is 0 Å². The van der Waals surface area contributed by atoms with Crippen LogP contribution in [0.5, 0.6) is 0 Å². The molecular formula is C13H11F2NO. The summed E-state index contributed by atoms with van der Waals surface area (Å²) < 4.78 is 26.4. The van der Waals surface area contributed by atoms with Gasteiger partial charge in [-0.25, -0.2) is 8.78 Å². The number of hydrogen-bond acceptors (Lipinski definition) is 2. The summed E-state index contributed by atoms with van der Waals surface area (Å²) in [4.78, 5) is 4.00. The van der Waals surface area contributed by atoms with Crippen molar-refractivity contribution in [2.45, 2.75) is 13.0 Å². The minimum absolute atomic E-state index is 0.0874. The summed E-state index contributed by atoms with van der Waals surface area (Å²) in [5.74, 6) is -1.22. The average Bonchev–Trinajstić information content (AvgIpc) is 2.32. The van der Waals surface area contributed by atoms with E-state index in [1.165, 1.54) is 6.20 Å². The molecule has 1 atom stereocenters. The number of pyridine rings is 1. The van der Waals surface area contributed by atoms with Crippen LogP contribution in [0.25, 0.3) is 0 Å². The first-order valence-electron chi connectivity index (χ1n) is 5.13. The Bertz CT molecular complexity index is 525. The van der Waals surface area contributed by atoms with Crippen molar-refractivity contribution in [3.05, 3.63) is 65.0 Å². The van der Waals surface area contributed by atoms with Gasteiger partial charge in [-0.15, -0.1) is 0 Å². The molecule has 0 aliphatic rings. The molecule has 1 N–H and O–H groups in total. The molecule has 2 rings (SSSR count). The average molecular weight is 235 g/mol. The molecule has 0 bridgehead atoms. The molecule has 1 aromatic heterocycles. The minimum atomic E-state index is -1.21. The molecule has 2 aromatic rings. The van der Waals surface area contributed by atoms with Crippen LogP contribution < -0.4 is 0 Å². The van der Waals surface area contributed by atoms with E-state index in [0.29, 0.717) is 5.56 Å². The Morgan fingerprint density at radius 3 is 2.59 bits per heavy atom. The lowest BCUT2D eigenvalue weighted by Crippen LogP contribution is -2.04. The standard InChI is InChI=1S/C13H11F2NO/c1-8-2-3-9(7-16-8)13(17)11-6-10(14)4-5-12(11)15/h2-7,13,17H,1H3. The molecule has 4 heteroatoms. The van der Waals surface area contributed by atoms with E-state index in [2.05, 4.69) is 4.98 Å². The SMILES string of the molecule is Cc1ccc(C(O)c2cc(F)ccc2F)cn1. The first-order chi connectivity index (χ1) is 8.08. The van der Waals surface area contributed by atoms with E-state index >= 15 is 0 Å². The molecule has 0 radical (unpaired) electrons. The first kappa shape index (κ1) is 11.7. The quantitative estimate of drug-likeness (QED) is 0.868. The molecule has 0 saturated heterocycles. The maximum atomic E-state index is 13.4. The van der Waals surface area contributed by atoms with E-state index in [1.807, 2.05) is 0 Å². The number of hydrogen-bond donors (Lipinski definition) is 1. The number of halogens is 2. The predicted octanol–water partition coefficient (Wildman–Crippen LogP) is 2.75. The van der Waals surface area contributed by atoms with Crippen LogP contribution in [0.4, 0.5) is 8.78 Å². The minimum Gasteiger partial charge on any atom is -0.383 e. The zero-order valence-corrected chi connectivity index (χ0v) is 9.19. The second-order valence-corrected chi connectivity index (χ2v) is 3.80. The monoisotopic (exact) mass is 235 g/mol. The first-order valence-corrected chi connectivity index (χ1v) is 5.13. The van der Waals surface area contributed by atoms with Gasteiger partial charge in [-0.05, 0) is 31.2 Å². The van der Waals surface area contributed by atoms with E-state index in [-0.39, 0.29) is 5.56 Å². The van der Waals surface area contributed by atoms with Crippen LogP contribution in [0.3, 0.4) is 0 Å². The fourth-order valence-electron chi connectivity index (χ4n) is 1.54. The highest BCUT2D eigenvalue weighted by Gasteiger charge is 2.16. The van der Waals surface area contributed by atoms with Crippen molar-refractivity contribution >= 4 is 0 Å². The Kier molecular flexibility index (Phi) is 3.15. The fraction of sp³-hybridized carbons (Fsp3) is 0.154. The van der Waals surface area contributed by atoms with Gasteiger partial charge in [0.1, 0.15) is 17.7 Å². The summed E-state index contributed by atoms with van der Waals surface area (Å²) in [6.07, 6.45) is 0.239. The van der Waals surface area contributed by atoms with Crippen molar-refractivity contribution in [1.82, 2.24) is 4.98 Å². The van der Waals surface area contributed by atoms with Gasteiger partial charge < -0.3 is 5.11 Å². The number of aliphatic hydroxyl groups excluding tert-OH is 1. The Balaban J connectivity index is 2.39. The van der Waals surface area contributed by atoms with E-state index in [4.69, 9.17) is 0 Å². The largest absolute Gasteiger partial charge is 0.383 e. The Hall–Kier alpha value is -1.81. The third-order valence-corrected chi connectivity index (χ3v) is 2.50.